The number of rotatable bonds is 7. The summed E-state index contributed by atoms with van der Waals surface area (Å²) in [6.45, 7) is 0.953. The van der Waals surface area contributed by atoms with Crippen molar-refractivity contribution in [3.05, 3.63) is 59.7 Å². The third-order valence-electron chi connectivity index (χ3n) is 5.60. The van der Waals surface area contributed by atoms with Crippen molar-refractivity contribution in [2.75, 3.05) is 30.3 Å². The maximum atomic E-state index is 12.7. The van der Waals surface area contributed by atoms with E-state index in [1.165, 1.54) is 0 Å². The van der Waals surface area contributed by atoms with Gasteiger partial charge in [0.2, 0.25) is 5.91 Å². The molecule has 3 amide bonds. The Hall–Kier alpha value is -3.39. The van der Waals surface area contributed by atoms with Crippen molar-refractivity contribution >= 4 is 29.1 Å². The highest BCUT2D eigenvalue weighted by atomic mass is 16.3. The smallest absolute Gasteiger partial charge is 0.254 e. The van der Waals surface area contributed by atoms with E-state index in [1.807, 2.05) is 0 Å². The lowest BCUT2D eigenvalue weighted by Crippen LogP contribution is -2.42. The second-order valence-electron chi connectivity index (χ2n) is 8.32. The van der Waals surface area contributed by atoms with Crippen LogP contribution in [-0.2, 0) is 4.79 Å². The van der Waals surface area contributed by atoms with Gasteiger partial charge in [0.1, 0.15) is 0 Å². The fraction of sp³-hybridized carbons (Fsp3) is 0.375. The predicted molar refractivity (Wildman–Crippen MR) is 122 cm³/mol. The molecule has 8 nitrogen and oxygen atoms in total. The minimum Gasteiger partial charge on any atom is -0.391 e. The largest absolute Gasteiger partial charge is 0.391 e. The van der Waals surface area contributed by atoms with Crippen LogP contribution >= 0.6 is 0 Å². The second-order valence-corrected chi connectivity index (χ2v) is 8.32. The van der Waals surface area contributed by atoms with Crippen LogP contribution in [0, 0.1) is 0 Å². The van der Waals surface area contributed by atoms with Crippen molar-refractivity contribution in [1.82, 2.24) is 10.2 Å². The predicted octanol–water partition coefficient (Wildman–Crippen LogP) is 2.23. The summed E-state index contributed by atoms with van der Waals surface area (Å²) in [7, 11) is 0. The number of piperidine rings is 1. The molecular weight excluding hydrogens is 408 g/mol. The first-order chi connectivity index (χ1) is 15.5. The quantitative estimate of drug-likeness (QED) is 0.532. The van der Waals surface area contributed by atoms with Crippen LogP contribution < -0.4 is 16.0 Å². The van der Waals surface area contributed by atoms with Crippen molar-refractivity contribution in [2.45, 2.75) is 37.8 Å². The number of nitrogens with zero attached hydrogens (tertiary/aromatic N) is 1. The number of benzene rings is 2. The van der Waals surface area contributed by atoms with Crippen LogP contribution in [0.2, 0.25) is 0 Å². The van der Waals surface area contributed by atoms with Crippen molar-refractivity contribution < 1.29 is 19.5 Å². The van der Waals surface area contributed by atoms with E-state index in [2.05, 4.69) is 16.0 Å². The molecule has 1 saturated carbocycles. The molecule has 0 aromatic heterocycles. The lowest BCUT2D eigenvalue weighted by molar-refractivity contribution is -0.114. The van der Waals surface area contributed by atoms with Gasteiger partial charge in [-0.15, -0.1) is 0 Å². The number of aliphatic hydroxyl groups is 1. The molecular formula is C24H28N4O4. The lowest BCUT2D eigenvalue weighted by atomic mass is 10.1. The zero-order valence-electron chi connectivity index (χ0n) is 17.8. The van der Waals surface area contributed by atoms with Gasteiger partial charge in [-0.1, -0.05) is 18.2 Å². The highest BCUT2D eigenvalue weighted by Crippen LogP contribution is 2.22. The minimum atomic E-state index is -0.480. The van der Waals surface area contributed by atoms with Gasteiger partial charge in [0, 0.05) is 30.4 Å². The fourth-order valence-corrected chi connectivity index (χ4v) is 3.74. The Labute approximate surface area is 187 Å². The summed E-state index contributed by atoms with van der Waals surface area (Å²) in [6, 6.07) is 14.1. The topological polar surface area (TPSA) is 111 Å². The normalized spacial score (nSPS) is 18.0. The number of hydrogen-bond donors (Lipinski definition) is 4. The van der Waals surface area contributed by atoms with Crippen molar-refractivity contribution in [3.63, 3.8) is 0 Å². The number of carbonyl (C=O) groups excluding carboxylic acids is 3. The minimum absolute atomic E-state index is 0.0152. The Balaban J connectivity index is 1.34. The highest BCUT2D eigenvalue weighted by molar-refractivity contribution is 6.04. The molecule has 168 valence electrons. The maximum Gasteiger partial charge on any atom is 0.254 e. The van der Waals surface area contributed by atoms with Crippen molar-refractivity contribution in [3.8, 4) is 0 Å². The van der Waals surface area contributed by atoms with E-state index in [0.29, 0.717) is 42.0 Å². The van der Waals surface area contributed by atoms with Crippen LogP contribution in [0.3, 0.4) is 0 Å². The van der Waals surface area contributed by atoms with Gasteiger partial charge in [0.25, 0.3) is 11.8 Å². The van der Waals surface area contributed by atoms with Gasteiger partial charge in [-0.05, 0) is 56.0 Å². The Morgan fingerprint density at radius 3 is 2.62 bits per heavy atom. The Kier molecular flexibility index (Phi) is 6.70. The third kappa shape index (κ3) is 5.64. The van der Waals surface area contributed by atoms with Crippen LogP contribution in [-0.4, -0.2) is 59.5 Å². The molecule has 8 heteroatoms. The molecule has 1 saturated heterocycles. The van der Waals surface area contributed by atoms with Gasteiger partial charge in [-0.25, -0.2) is 0 Å². The number of para-hydroxylation sites is 1. The van der Waals surface area contributed by atoms with Crippen LogP contribution in [0.4, 0.5) is 11.4 Å². The summed E-state index contributed by atoms with van der Waals surface area (Å²) >= 11 is 0. The molecule has 0 spiro atoms. The van der Waals surface area contributed by atoms with Crippen LogP contribution in [0.25, 0.3) is 0 Å². The number of aliphatic hydroxyl groups excluding tert-OH is 1. The lowest BCUT2D eigenvalue weighted by Gasteiger charge is -2.30. The van der Waals surface area contributed by atoms with Gasteiger partial charge in [-0.2, -0.15) is 0 Å². The number of anilines is 2. The Morgan fingerprint density at radius 1 is 1.03 bits per heavy atom. The van der Waals surface area contributed by atoms with E-state index in [9.17, 15) is 19.5 Å². The second kappa shape index (κ2) is 9.82. The van der Waals surface area contributed by atoms with E-state index < -0.39 is 6.10 Å². The summed E-state index contributed by atoms with van der Waals surface area (Å²) in [5.74, 6) is -0.620. The number of β-amino-alcohol motifs (C(OH)–C–C–N with tert-alkyl or cyclic N) is 1. The van der Waals surface area contributed by atoms with Gasteiger partial charge >= 0.3 is 0 Å². The van der Waals surface area contributed by atoms with Gasteiger partial charge in [0.15, 0.2) is 0 Å². The van der Waals surface area contributed by atoms with Gasteiger partial charge in [0.05, 0.1) is 23.9 Å². The van der Waals surface area contributed by atoms with Crippen LogP contribution in [0.15, 0.2) is 48.5 Å². The zero-order chi connectivity index (χ0) is 22.5. The number of carbonyl (C=O) groups is 3. The maximum absolute atomic E-state index is 12.7. The summed E-state index contributed by atoms with van der Waals surface area (Å²) in [5.41, 5.74) is 2.05. The average molecular weight is 437 g/mol. The molecule has 1 aliphatic heterocycles. The number of likely N-dealkylation sites (tertiary alicyclic amines) is 1. The van der Waals surface area contributed by atoms with Crippen molar-refractivity contribution in [2.24, 2.45) is 0 Å². The number of amides is 3. The zero-order valence-corrected chi connectivity index (χ0v) is 17.8. The van der Waals surface area contributed by atoms with Crippen LogP contribution in [0.1, 0.15) is 46.4 Å². The molecule has 2 aliphatic rings. The SMILES string of the molecule is O=C(CNc1cccc(C(=O)N2CCC[C@H](O)C2)c1)Nc1ccccc1C(=O)NC1CC1. The average Bonchev–Trinajstić information content (AvgIpc) is 3.62. The van der Waals surface area contributed by atoms with Gasteiger partial charge in [-0.3, -0.25) is 14.4 Å². The van der Waals surface area contributed by atoms with E-state index in [1.54, 1.807) is 53.4 Å². The highest BCUT2D eigenvalue weighted by Gasteiger charge is 2.25. The molecule has 4 N–H and O–H groups in total. The molecule has 1 heterocycles. The molecule has 0 unspecified atom stereocenters. The third-order valence-corrected chi connectivity index (χ3v) is 5.60. The molecule has 2 fully saturated rings. The summed E-state index contributed by atoms with van der Waals surface area (Å²) in [5, 5.41) is 18.6. The standard InChI is InChI=1S/C24H28N4O4/c29-19-7-4-12-28(15-19)24(32)16-5-3-6-18(13-16)25-14-22(30)27-21-9-2-1-8-20(21)23(31)26-17-10-11-17/h1-3,5-6,8-9,13,17,19,25,29H,4,7,10-12,14-15H2,(H,26,31)(H,27,30)/t19-/m0/s1. The summed E-state index contributed by atoms with van der Waals surface area (Å²) < 4.78 is 0. The first-order valence-corrected chi connectivity index (χ1v) is 11.0. The molecule has 0 bridgehead atoms. The Bertz CT molecular complexity index is 1000. The summed E-state index contributed by atoms with van der Waals surface area (Å²) in [4.78, 5) is 39.3. The van der Waals surface area contributed by atoms with E-state index in [0.717, 1.165) is 19.3 Å². The van der Waals surface area contributed by atoms with Crippen molar-refractivity contribution in [1.29, 1.82) is 0 Å². The number of hydrogen-bond acceptors (Lipinski definition) is 5. The van der Waals surface area contributed by atoms with E-state index in [-0.39, 0.29) is 30.3 Å². The number of nitrogens with one attached hydrogen (secondary N) is 3. The van der Waals surface area contributed by atoms with E-state index >= 15 is 0 Å². The molecule has 1 aliphatic carbocycles. The first-order valence-electron chi connectivity index (χ1n) is 11.0. The van der Waals surface area contributed by atoms with Gasteiger partial charge < -0.3 is 26.0 Å². The first kappa shape index (κ1) is 21.8. The molecule has 2 aromatic rings. The Morgan fingerprint density at radius 2 is 1.84 bits per heavy atom. The fourth-order valence-electron chi connectivity index (χ4n) is 3.74. The van der Waals surface area contributed by atoms with Crippen LogP contribution in [0.5, 0.6) is 0 Å². The summed E-state index contributed by atoms with van der Waals surface area (Å²) in [6.07, 6.45) is 3.00. The monoisotopic (exact) mass is 436 g/mol. The molecule has 2 aromatic carbocycles. The molecule has 4 rings (SSSR count). The molecule has 32 heavy (non-hydrogen) atoms. The van der Waals surface area contributed by atoms with E-state index in [4.69, 9.17) is 0 Å². The molecule has 0 radical (unpaired) electrons. The molecule has 1 atom stereocenters.